The van der Waals surface area contributed by atoms with Crippen LogP contribution in [-0.2, 0) is 6.18 Å². The Bertz CT molecular complexity index is 1180. The van der Waals surface area contributed by atoms with Crippen LogP contribution in [0.25, 0.3) is 21.8 Å². The number of anilines is 1. The number of pyridine rings is 1. The number of halogens is 3. The molecule has 2 aromatic carbocycles. The lowest BCUT2D eigenvalue weighted by Crippen LogP contribution is -2.13. The van der Waals surface area contributed by atoms with Gasteiger partial charge in [-0.05, 0) is 37.3 Å². The van der Waals surface area contributed by atoms with Crippen LogP contribution >= 0.6 is 0 Å². The summed E-state index contributed by atoms with van der Waals surface area (Å²) in [5.74, 6) is -0.564. The second-order valence-electron chi connectivity index (χ2n) is 6.28. The molecule has 0 unspecified atom stereocenters. The van der Waals surface area contributed by atoms with E-state index in [0.29, 0.717) is 5.52 Å². The van der Waals surface area contributed by atoms with Crippen molar-refractivity contribution in [2.75, 3.05) is 5.32 Å². The van der Waals surface area contributed by atoms with E-state index in [1.807, 2.05) is 31.2 Å². The number of carbonyl (C=O) groups is 1. The van der Waals surface area contributed by atoms with Crippen LogP contribution in [0.2, 0.25) is 0 Å². The summed E-state index contributed by atoms with van der Waals surface area (Å²) in [6, 6.07) is 13.8. The molecule has 0 bridgehead atoms. The Hall–Kier alpha value is -3.35. The number of rotatable bonds is 2. The maximum absolute atomic E-state index is 12.8. The number of hydrogen-bond acceptors (Lipinski definition) is 2. The lowest BCUT2D eigenvalue weighted by atomic mass is 10.1. The predicted molar refractivity (Wildman–Crippen MR) is 97.7 cm³/mol. The number of alkyl halides is 3. The molecule has 27 heavy (non-hydrogen) atoms. The highest BCUT2D eigenvalue weighted by atomic mass is 19.4. The zero-order chi connectivity index (χ0) is 19.2. The van der Waals surface area contributed by atoms with Crippen molar-refractivity contribution >= 4 is 33.4 Å². The van der Waals surface area contributed by atoms with Crippen molar-refractivity contribution in [1.29, 1.82) is 0 Å². The third-order valence-electron chi connectivity index (χ3n) is 4.28. The largest absolute Gasteiger partial charge is 0.416 e. The summed E-state index contributed by atoms with van der Waals surface area (Å²) in [4.78, 5) is 20.1. The third kappa shape index (κ3) is 3.23. The molecule has 0 aliphatic heterocycles. The summed E-state index contributed by atoms with van der Waals surface area (Å²) in [6.45, 7) is 1.92. The average molecular weight is 369 g/mol. The van der Waals surface area contributed by atoms with Crippen molar-refractivity contribution in [2.45, 2.75) is 13.1 Å². The Morgan fingerprint density at radius 3 is 2.56 bits per heavy atom. The second-order valence-corrected chi connectivity index (χ2v) is 6.28. The minimum Gasteiger partial charge on any atom is -0.357 e. The SMILES string of the molecule is Cc1ccc2ccc3cc(C(=O)Nc4cccc(C(F)(F)F)c4)nc3c2[nH]1. The van der Waals surface area contributed by atoms with Gasteiger partial charge in [-0.3, -0.25) is 4.79 Å². The highest BCUT2D eigenvalue weighted by Crippen LogP contribution is 2.31. The number of nitrogens with one attached hydrogen (secondary N) is 2. The van der Waals surface area contributed by atoms with E-state index >= 15 is 0 Å². The molecule has 2 heterocycles. The monoisotopic (exact) mass is 369 g/mol. The molecule has 0 spiro atoms. The van der Waals surface area contributed by atoms with Crippen LogP contribution in [0.15, 0.2) is 54.6 Å². The van der Waals surface area contributed by atoms with E-state index in [0.717, 1.165) is 34.1 Å². The van der Waals surface area contributed by atoms with Crippen molar-refractivity contribution in [2.24, 2.45) is 0 Å². The molecule has 1 amide bonds. The first kappa shape index (κ1) is 17.1. The molecule has 0 aliphatic carbocycles. The molecule has 0 radical (unpaired) electrons. The van der Waals surface area contributed by atoms with Crippen molar-refractivity contribution < 1.29 is 18.0 Å². The van der Waals surface area contributed by atoms with E-state index in [1.165, 1.54) is 12.1 Å². The summed E-state index contributed by atoms with van der Waals surface area (Å²) in [5.41, 5.74) is 1.79. The molecular weight excluding hydrogens is 355 g/mol. The minimum atomic E-state index is -4.47. The zero-order valence-electron chi connectivity index (χ0n) is 14.2. The summed E-state index contributed by atoms with van der Waals surface area (Å²) in [7, 11) is 0. The number of amides is 1. The highest BCUT2D eigenvalue weighted by Gasteiger charge is 2.30. The van der Waals surface area contributed by atoms with Gasteiger partial charge in [0.05, 0.1) is 16.6 Å². The summed E-state index contributed by atoms with van der Waals surface area (Å²) < 4.78 is 38.5. The Kier molecular flexibility index (Phi) is 3.87. The Balaban J connectivity index is 1.69. The lowest BCUT2D eigenvalue weighted by molar-refractivity contribution is -0.137. The number of aromatic amines is 1. The van der Waals surface area contributed by atoms with E-state index in [2.05, 4.69) is 15.3 Å². The van der Waals surface area contributed by atoms with Gasteiger partial charge in [-0.2, -0.15) is 13.2 Å². The Morgan fingerprint density at radius 2 is 1.78 bits per heavy atom. The van der Waals surface area contributed by atoms with Crippen LogP contribution < -0.4 is 5.32 Å². The molecule has 136 valence electrons. The molecule has 0 atom stereocenters. The zero-order valence-corrected chi connectivity index (χ0v) is 14.2. The van der Waals surface area contributed by atoms with Gasteiger partial charge in [-0.15, -0.1) is 0 Å². The number of benzene rings is 2. The van der Waals surface area contributed by atoms with Gasteiger partial charge in [-0.25, -0.2) is 4.98 Å². The molecule has 4 aromatic rings. The van der Waals surface area contributed by atoms with Crippen LogP contribution in [0.4, 0.5) is 18.9 Å². The first-order valence-electron chi connectivity index (χ1n) is 8.19. The number of hydrogen-bond donors (Lipinski definition) is 2. The average Bonchev–Trinajstić information content (AvgIpc) is 3.06. The Morgan fingerprint density at radius 1 is 1.04 bits per heavy atom. The quantitative estimate of drug-likeness (QED) is 0.504. The maximum Gasteiger partial charge on any atom is 0.416 e. The molecule has 2 N–H and O–H groups in total. The van der Waals surface area contributed by atoms with Crippen molar-refractivity contribution in [3.8, 4) is 0 Å². The van der Waals surface area contributed by atoms with Gasteiger partial charge in [0.15, 0.2) is 0 Å². The molecule has 2 aromatic heterocycles. The predicted octanol–water partition coefficient (Wildman–Crippen LogP) is 5.30. The van der Waals surface area contributed by atoms with Crippen LogP contribution in [-0.4, -0.2) is 15.9 Å². The van der Waals surface area contributed by atoms with Gasteiger partial charge in [0.1, 0.15) is 5.69 Å². The number of nitrogens with zero attached hydrogens (tertiary/aromatic N) is 1. The third-order valence-corrected chi connectivity index (χ3v) is 4.28. The van der Waals surface area contributed by atoms with Gasteiger partial charge >= 0.3 is 6.18 Å². The fourth-order valence-corrected chi connectivity index (χ4v) is 2.97. The van der Waals surface area contributed by atoms with E-state index in [9.17, 15) is 18.0 Å². The van der Waals surface area contributed by atoms with Crippen LogP contribution in [0, 0.1) is 6.92 Å². The highest BCUT2D eigenvalue weighted by molar-refractivity contribution is 6.10. The van der Waals surface area contributed by atoms with Gasteiger partial charge in [0.25, 0.3) is 5.91 Å². The standard InChI is InChI=1S/C20H14F3N3O/c1-11-5-6-12-7-8-13-9-16(26-18(13)17(12)24-11)19(27)25-15-4-2-3-14(10-15)20(21,22)23/h2-10,24H,1H3,(H,25,27). The first-order valence-corrected chi connectivity index (χ1v) is 8.19. The van der Waals surface area contributed by atoms with E-state index in [-0.39, 0.29) is 11.4 Å². The van der Waals surface area contributed by atoms with E-state index in [1.54, 1.807) is 6.07 Å². The number of carbonyl (C=O) groups excluding carboxylic acids is 1. The number of aryl methyl sites for hydroxylation is 1. The fraction of sp³-hybridized carbons (Fsp3) is 0.100. The molecule has 0 saturated carbocycles. The Labute approximate surface area is 152 Å². The number of fused-ring (bicyclic) bond motifs is 3. The van der Waals surface area contributed by atoms with Crippen LogP contribution in [0.3, 0.4) is 0 Å². The molecule has 4 nitrogen and oxygen atoms in total. The van der Waals surface area contributed by atoms with Crippen molar-refractivity contribution in [3.05, 3.63) is 71.5 Å². The molecular formula is C20H14F3N3O. The number of H-pyrrole nitrogens is 1. The maximum atomic E-state index is 12.8. The summed E-state index contributed by atoms with van der Waals surface area (Å²) in [5, 5.41) is 4.21. The van der Waals surface area contributed by atoms with Crippen molar-refractivity contribution in [3.63, 3.8) is 0 Å². The van der Waals surface area contributed by atoms with Crippen LogP contribution in [0.5, 0.6) is 0 Å². The van der Waals surface area contributed by atoms with Crippen molar-refractivity contribution in [1.82, 2.24) is 9.97 Å². The topological polar surface area (TPSA) is 57.8 Å². The molecule has 4 rings (SSSR count). The molecule has 0 saturated heterocycles. The van der Waals surface area contributed by atoms with E-state index in [4.69, 9.17) is 0 Å². The molecule has 0 aliphatic rings. The van der Waals surface area contributed by atoms with Gasteiger partial charge in [0, 0.05) is 22.2 Å². The number of aromatic nitrogens is 2. The van der Waals surface area contributed by atoms with Crippen LogP contribution in [0.1, 0.15) is 21.7 Å². The van der Waals surface area contributed by atoms with E-state index < -0.39 is 17.6 Å². The smallest absolute Gasteiger partial charge is 0.357 e. The summed E-state index contributed by atoms with van der Waals surface area (Å²) >= 11 is 0. The van der Waals surface area contributed by atoms with Gasteiger partial charge in [0.2, 0.25) is 0 Å². The minimum absolute atomic E-state index is 0.0640. The van der Waals surface area contributed by atoms with Gasteiger partial charge in [-0.1, -0.05) is 24.3 Å². The van der Waals surface area contributed by atoms with Gasteiger partial charge < -0.3 is 10.3 Å². The molecule has 0 fully saturated rings. The second kappa shape index (κ2) is 6.12. The fourth-order valence-electron chi connectivity index (χ4n) is 2.97. The lowest BCUT2D eigenvalue weighted by Gasteiger charge is -2.09. The first-order chi connectivity index (χ1) is 12.8. The molecule has 7 heteroatoms. The summed E-state index contributed by atoms with van der Waals surface area (Å²) in [6.07, 6.45) is -4.47. The normalized spacial score (nSPS) is 11.9.